The largest absolute Gasteiger partial charge is 0.448 e. The second kappa shape index (κ2) is 9.35. The van der Waals surface area contributed by atoms with Gasteiger partial charge in [0.2, 0.25) is 0 Å². The summed E-state index contributed by atoms with van der Waals surface area (Å²) in [6.45, 7) is 9.88. The van der Waals surface area contributed by atoms with Crippen LogP contribution in [0, 0.1) is 12.8 Å². The minimum Gasteiger partial charge on any atom is -0.448 e. The van der Waals surface area contributed by atoms with Crippen LogP contribution in [0.2, 0.25) is 0 Å². The van der Waals surface area contributed by atoms with Gasteiger partial charge in [0.1, 0.15) is 11.6 Å². The lowest BCUT2D eigenvalue weighted by Gasteiger charge is -2.09. The third-order valence-corrected chi connectivity index (χ3v) is 5.15. The summed E-state index contributed by atoms with van der Waals surface area (Å²) < 4.78 is 11.4. The number of amides is 1. The van der Waals surface area contributed by atoms with E-state index in [1.54, 1.807) is 17.3 Å². The van der Waals surface area contributed by atoms with Crippen LogP contribution in [0.5, 0.6) is 0 Å². The molecule has 32 heavy (non-hydrogen) atoms. The lowest BCUT2D eigenvalue weighted by Crippen LogP contribution is -2.23. The third-order valence-electron chi connectivity index (χ3n) is 4.41. The molecule has 168 valence electrons. The van der Waals surface area contributed by atoms with Gasteiger partial charge in [-0.2, -0.15) is 9.47 Å². The van der Waals surface area contributed by atoms with Crippen molar-refractivity contribution in [3.8, 4) is 11.3 Å². The molecule has 0 aliphatic carbocycles. The quantitative estimate of drug-likeness (QED) is 0.464. The highest BCUT2D eigenvalue weighted by molar-refractivity contribution is 7.10. The van der Waals surface area contributed by atoms with E-state index in [0.717, 1.165) is 33.6 Å². The fraction of sp³-hybridized carbons (Fsp3) is 0.381. The number of aryl methyl sites for hydroxylation is 1. The summed E-state index contributed by atoms with van der Waals surface area (Å²) in [4.78, 5) is 22.3. The molecule has 1 saturated heterocycles. The summed E-state index contributed by atoms with van der Waals surface area (Å²) >= 11 is 1.32. The molecule has 2 N–H and O–H groups in total. The van der Waals surface area contributed by atoms with Crippen LogP contribution in [0.3, 0.4) is 0 Å². The molecule has 0 bridgehead atoms. The Morgan fingerprint density at radius 1 is 1.31 bits per heavy atom. The predicted octanol–water partition coefficient (Wildman–Crippen LogP) is 4.24. The maximum absolute atomic E-state index is 11.6. The first-order valence-electron chi connectivity index (χ1n) is 10.4. The summed E-state index contributed by atoms with van der Waals surface area (Å²) in [6.07, 6.45) is 7.01. The highest BCUT2D eigenvalue weighted by Gasteiger charge is 2.23. The average molecular weight is 455 g/mol. The molecule has 5 rings (SSSR count). The van der Waals surface area contributed by atoms with Gasteiger partial charge in [-0.25, -0.2) is 14.8 Å². The molecule has 10 nitrogen and oxygen atoms in total. The monoisotopic (exact) mass is 454 g/mol. The Morgan fingerprint density at radius 3 is 2.81 bits per heavy atom. The molecule has 5 heterocycles. The van der Waals surface area contributed by atoms with Crippen molar-refractivity contribution in [2.24, 2.45) is 5.92 Å². The van der Waals surface area contributed by atoms with Crippen molar-refractivity contribution in [1.29, 1.82) is 0 Å². The minimum atomic E-state index is -0.297. The average Bonchev–Trinajstić information content (AvgIpc) is 3.50. The van der Waals surface area contributed by atoms with Gasteiger partial charge in [-0.1, -0.05) is 20.8 Å². The van der Waals surface area contributed by atoms with E-state index in [1.807, 2.05) is 29.8 Å². The van der Waals surface area contributed by atoms with Gasteiger partial charge < -0.3 is 10.1 Å². The third kappa shape index (κ3) is 4.88. The summed E-state index contributed by atoms with van der Waals surface area (Å²) in [7, 11) is 0. The fourth-order valence-corrected chi connectivity index (χ4v) is 3.78. The molecule has 0 atom stereocenters. The van der Waals surface area contributed by atoms with Crippen LogP contribution >= 0.6 is 11.5 Å². The van der Waals surface area contributed by atoms with Gasteiger partial charge in [-0.3, -0.25) is 14.4 Å². The van der Waals surface area contributed by atoms with E-state index >= 15 is 0 Å². The molecule has 0 saturated carbocycles. The molecule has 1 amide bonds. The zero-order valence-corrected chi connectivity index (χ0v) is 19.3. The zero-order valence-electron chi connectivity index (χ0n) is 18.5. The van der Waals surface area contributed by atoms with Crippen LogP contribution in [0.25, 0.3) is 16.9 Å². The van der Waals surface area contributed by atoms with Crippen LogP contribution in [0.1, 0.15) is 32.2 Å². The number of imidazole rings is 1. The molecule has 0 aromatic carbocycles. The smallest absolute Gasteiger partial charge is 0.410 e. The van der Waals surface area contributed by atoms with Gasteiger partial charge in [-0.05, 0) is 30.4 Å². The van der Waals surface area contributed by atoms with Gasteiger partial charge in [0.15, 0.2) is 11.5 Å². The number of H-pyrrole nitrogens is 1. The summed E-state index contributed by atoms with van der Waals surface area (Å²) in [5.74, 6) is 1.48. The van der Waals surface area contributed by atoms with Crippen LogP contribution in [-0.2, 0) is 11.3 Å². The van der Waals surface area contributed by atoms with Crippen molar-refractivity contribution in [1.82, 2.24) is 33.8 Å². The number of carbonyl (C=O) groups excluding carboxylic acids is 1. The summed E-state index contributed by atoms with van der Waals surface area (Å²) in [6, 6.07) is 1.91. The fourth-order valence-electron chi connectivity index (χ4n) is 3.12. The Morgan fingerprint density at radius 2 is 2.12 bits per heavy atom. The van der Waals surface area contributed by atoms with E-state index < -0.39 is 0 Å². The van der Waals surface area contributed by atoms with Gasteiger partial charge in [0.05, 0.1) is 42.6 Å². The number of hydrogen-bond acceptors (Lipinski definition) is 8. The number of cyclic esters (lactones) is 1. The van der Waals surface area contributed by atoms with E-state index in [1.165, 1.54) is 11.5 Å². The number of hydrogen-bond donors (Lipinski definition) is 2. The maximum Gasteiger partial charge on any atom is 0.410 e. The normalized spacial score (nSPS) is 13.4. The highest BCUT2D eigenvalue weighted by atomic mass is 32.1. The zero-order chi connectivity index (χ0) is 22.7. The first-order valence-corrected chi connectivity index (χ1v) is 11.2. The van der Waals surface area contributed by atoms with Gasteiger partial charge in [-0.15, -0.1) is 0 Å². The first-order chi connectivity index (χ1) is 15.4. The first kappa shape index (κ1) is 21.8. The van der Waals surface area contributed by atoms with Crippen molar-refractivity contribution < 1.29 is 9.53 Å². The topological polar surface area (TPSA) is 113 Å². The molecule has 0 unspecified atom stereocenters. The number of fused-ring (bicyclic) bond motifs is 1. The van der Waals surface area contributed by atoms with E-state index in [9.17, 15) is 4.79 Å². The number of rotatable bonds is 5. The van der Waals surface area contributed by atoms with E-state index in [2.05, 4.69) is 50.6 Å². The molecule has 4 aromatic heterocycles. The van der Waals surface area contributed by atoms with Crippen molar-refractivity contribution in [2.45, 2.75) is 34.2 Å². The number of nitrogens with zero attached hydrogens (tertiary/aromatic N) is 6. The van der Waals surface area contributed by atoms with Crippen molar-refractivity contribution in [3.63, 3.8) is 0 Å². The Bertz CT molecular complexity index is 1200. The van der Waals surface area contributed by atoms with Crippen molar-refractivity contribution in [2.75, 3.05) is 18.5 Å². The standard InChI is InChI=1S/C17H16N8O2S.C4H10/c1-10-8-25-13(11-5-19-20-6-11)7-18-16(25)15(21-10)22-14-4-12(23-28-14)9-24-2-3-27-17(24)26;1-4(2)3/h4-8H,2-3,9H2,1H3,(H,19,20)(H,21,22);4H,1-3H3. The van der Waals surface area contributed by atoms with Crippen molar-refractivity contribution in [3.05, 3.63) is 42.2 Å². The van der Waals surface area contributed by atoms with Crippen LogP contribution in [-0.4, -0.2) is 53.1 Å². The molecular weight excluding hydrogens is 428 g/mol. The molecule has 1 aliphatic heterocycles. The maximum atomic E-state index is 11.6. The lowest BCUT2D eigenvalue weighted by atomic mass is 10.3. The number of aromatic nitrogens is 6. The molecule has 0 spiro atoms. The number of nitrogens with one attached hydrogen (secondary N) is 2. The van der Waals surface area contributed by atoms with E-state index in [0.29, 0.717) is 31.2 Å². The lowest BCUT2D eigenvalue weighted by molar-refractivity contribution is 0.157. The molecular formula is C21H26N8O2S. The summed E-state index contributed by atoms with van der Waals surface area (Å²) in [5, 5.41) is 11.0. The van der Waals surface area contributed by atoms with Crippen molar-refractivity contribution >= 4 is 34.1 Å². The second-order valence-corrected chi connectivity index (χ2v) is 8.94. The van der Waals surface area contributed by atoms with Gasteiger partial charge in [0, 0.05) is 18.0 Å². The van der Waals surface area contributed by atoms with Gasteiger partial charge in [0.25, 0.3) is 0 Å². The van der Waals surface area contributed by atoms with Crippen LogP contribution < -0.4 is 5.32 Å². The van der Waals surface area contributed by atoms with E-state index in [4.69, 9.17) is 4.74 Å². The number of aromatic amines is 1. The molecule has 11 heteroatoms. The number of anilines is 2. The van der Waals surface area contributed by atoms with Crippen LogP contribution in [0.15, 0.2) is 30.9 Å². The van der Waals surface area contributed by atoms with E-state index in [-0.39, 0.29) is 6.09 Å². The molecule has 1 aliphatic rings. The molecule has 1 fully saturated rings. The SMILES string of the molecule is CC(C)C.Cc1cn2c(-c3cn[nH]c3)cnc2c(Nc2cc(CN3CCOC3=O)ns2)n1. The Balaban J connectivity index is 0.000000567. The van der Waals surface area contributed by atoms with Gasteiger partial charge >= 0.3 is 6.09 Å². The second-order valence-electron chi connectivity index (χ2n) is 8.13. The molecule has 0 radical (unpaired) electrons. The minimum absolute atomic E-state index is 0.297. The Kier molecular flexibility index (Phi) is 6.35. The number of carbonyl (C=O) groups is 1. The predicted molar refractivity (Wildman–Crippen MR) is 123 cm³/mol. The molecule has 4 aromatic rings. The Labute approximate surface area is 189 Å². The summed E-state index contributed by atoms with van der Waals surface area (Å²) in [5.41, 5.74) is 4.23. The highest BCUT2D eigenvalue weighted by Crippen LogP contribution is 2.27. The van der Waals surface area contributed by atoms with Crippen LogP contribution in [0.4, 0.5) is 15.6 Å². The number of ether oxygens (including phenoxy) is 1. The Hall–Kier alpha value is -3.47.